The fourth-order valence-corrected chi connectivity index (χ4v) is 3.31. The summed E-state index contributed by atoms with van der Waals surface area (Å²) in [7, 11) is 0. The van der Waals surface area contributed by atoms with Crippen molar-refractivity contribution in [1.29, 1.82) is 0 Å². The van der Waals surface area contributed by atoms with Crippen LogP contribution in [0.2, 0.25) is 0 Å². The van der Waals surface area contributed by atoms with E-state index in [1.165, 1.54) is 11.1 Å². The van der Waals surface area contributed by atoms with Gasteiger partial charge in [0.2, 0.25) is 0 Å². The molecule has 0 radical (unpaired) electrons. The molecule has 1 aromatic carbocycles. The molecule has 2 unspecified atom stereocenters. The molecule has 2 heterocycles. The second kappa shape index (κ2) is 5.13. The minimum absolute atomic E-state index is 0.127. The molecule has 4 nitrogen and oxygen atoms in total. The molecule has 0 aliphatic heterocycles. The lowest BCUT2D eigenvalue weighted by atomic mass is 9.82. The van der Waals surface area contributed by atoms with Gasteiger partial charge in [0.15, 0.2) is 5.65 Å². The number of pyridine rings is 1. The van der Waals surface area contributed by atoms with E-state index in [0.717, 1.165) is 30.1 Å². The molecule has 1 aliphatic rings. The van der Waals surface area contributed by atoms with Gasteiger partial charge in [-0.1, -0.05) is 31.2 Å². The van der Waals surface area contributed by atoms with E-state index in [4.69, 9.17) is 4.74 Å². The van der Waals surface area contributed by atoms with E-state index >= 15 is 0 Å². The lowest BCUT2D eigenvalue weighted by Crippen LogP contribution is -2.17. The molecule has 0 spiro atoms. The van der Waals surface area contributed by atoms with Crippen LogP contribution in [0.25, 0.3) is 5.65 Å². The van der Waals surface area contributed by atoms with Crippen LogP contribution in [0.15, 0.2) is 42.6 Å². The molecule has 112 valence electrons. The summed E-state index contributed by atoms with van der Waals surface area (Å²) in [6.07, 6.45) is 4.32. The Hall–Kier alpha value is -2.36. The van der Waals surface area contributed by atoms with Crippen molar-refractivity contribution in [1.82, 2.24) is 14.6 Å². The van der Waals surface area contributed by atoms with E-state index in [0.29, 0.717) is 5.92 Å². The summed E-state index contributed by atoms with van der Waals surface area (Å²) in [6.45, 7) is 4.24. The number of fused-ring (bicyclic) bond motifs is 2. The Kier molecular flexibility index (Phi) is 3.10. The van der Waals surface area contributed by atoms with Crippen LogP contribution >= 0.6 is 0 Å². The summed E-state index contributed by atoms with van der Waals surface area (Å²) >= 11 is 0. The predicted octanol–water partition coefficient (Wildman–Crippen LogP) is 4.06. The Morgan fingerprint density at radius 2 is 1.86 bits per heavy atom. The predicted molar refractivity (Wildman–Crippen MR) is 85.2 cm³/mol. The Labute approximate surface area is 129 Å². The van der Waals surface area contributed by atoms with E-state index in [-0.39, 0.29) is 6.10 Å². The summed E-state index contributed by atoms with van der Waals surface area (Å²) in [4.78, 5) is 0. The number of benzene rings is 1. The molecule has 1 aliphatic carbocycles. The highest BCUT2D eigenvalue weighted by Gasteiger charge is 2.25. The summed E-state index contributed by atoms with van der Waals surface area (Å²) in [6, 6.07) is 12.6. The van der Waals surface area contributed by atoms with Gasteiger partial charge in [-0.2, -0.15) is 0 Å². The van der Waals surface area contributed by atoms with Gasteiger partial charge in [-0.25, -0.2) is 0 Å². The van der Waals surface area contributed by atoms with Crippen molar-refractivity contribution in [3.63, 3.8) is 0 Å². The van der Waals surface area contributed by atoms with Crippen molar-refractivity contribution < 1.29 is 4.74 Å². The first-order valence-corrected chi connectivity index (χ1v) is 7.79. The monoisotopic (exact) mass is 293 g/mol. The fraction of sp³-hybridized carbons (Fsp3) is 0.333. The number of rotatable bonds is 2. The number of ether oxygens (including phenoxy) is 1. The van der Waals surface area contributed by atoms with Gasteiger partial charge >= 0.3 is 0 Å². The maximum Gasteiger partial charge on any atom is 0.161 e. The number of hydrogen-bond donors (Lipinski definition) is 0. The maximum absolute atomic E-state index is 6.29. The molecule has 2 aromatic heterocycles. The van der Waals surface area contributed by atoms with Crippen LogP contribution < -0.4 is 4.74 Å². The van der Waals surface area contributed by atoms with Crippen molar-refractivity contribution in [3.8, 4) is 5.75 Å². The Balaban J connectivity index is 1.68. The van der Waals surface area contributed by atoms with Crippen molar-refractivity contribution >= 4 is 5.65 Å². The average Bonchev–Trinajstić information content (AvgIpc) is 2.91. The first-order chi connectivity index (χ1) is 10.7. The van der Waals surface area contributed by atoms with E-state index < -0.39 is 0 Å². The SMILES string of the molecule is Cc1nnc2ccc(OC3CCC(C)c4ccccc43)cn12. The lowest BCUT2D eigenvalue weighted by Gasteiger charge is -2.30. The van der Waals surface area contributed by atoms with Gasteiger partial charge in [-0.3, -0.25) is 4.40 Å². The van der Waals surface area contributed by atoms with Crippen LogP contribution in [0.3, 0.4) is 0 Å². The van der Waals surface area contributed by atoms with Crippen LogP contribution in [0, 0.1) is 6.92 Å². The second-order valence-corrected chi connectivity index (χ2v) is 6.05. The number of nitrogens with zero attached hydrogens (tertiary/aromatic N) is 3. The van der Waals surface area contributed by atoms with Crippen LogP contribution in [-0.4, -0.2) is 14.6 Å². The van der Waals surface area contributed by atoms with Crippen molar-refractivity contribution in [2.75, 3.05) is 0 Å². The molecule has 22 heavy (non-hydrogen) atoms. The Morgan fingerprint density at radius 1 is 1.05 bits per heavy atom. The molecule has 0 bridgehead atoms. The minimum Gasteiger partial charge on any atom is -0.484 e. The molecular formula is C18H19N3O. The zero-order valence-electron chi connectivity index (χ0n) is 12.9. The third kappa shape index (κ3) is 2.15. The van der Waals surface area contributed by atoms with Gasteiger partial charge < -0.3 is 4.74 Å². The zero-order valence-corrected chi connectivity index (χ0v) is 12.9. The van der Waals surface area contributed by atoms with Crippen LogP contribution in [0.5, 0.6) is 5.75 Å². The van der Waals surface area contributed by atoms with E-state index in [9.17, 15) is 0 Å². The van der Waals surface area contributed by atoms with Crippen LogP contribution in [-0.2, 0) is 0 Å². The quantitative estimate of drug-likeness (QED) is 0.715. The number of aromatic nitrogens is 3. The van der Waals surface area contributed by atoms with Gasteiger partial charge in [-0.05, 0) is 48.9 Å². The second-order valence-electron chi connectivity index (χ2n) is 6.05. The first-order valence-electron chi connectivity index (χ1n) is 7.79. The highest BCUT2D eigenvalue weighted by molar-refractivity contribution is 5.42. The van der Waals surface area contributed by atoms with E-state index in [2.05, 4.69) is 41.4 Å². The molecule has 3 aromatic rings. The normalized spacial score (nSPS) is 20.8. The van der Waals surface area contributed by atoms with Gasteiger partial charge in [0.1, 0.15) is 17.7 Å². The maximum atomic E-state index is 6.29. The zero-order chi connectivity index (χ0) is 15.1. The van der Waals surface area contributed by atoms with Gasteiger partial charge in [0.25, 0.3) is 0 Å². The molecule has 2 atom stereocenters. The molecule has 0 fully saturated rings. The molecule has 0 N–H and O–H groups in total. The molecule has 0 saturated carbocycles. The number of hydrogen-bond acceptors (Lipinski definition) is 3. The van der Waals surface area contributed by atoms with Gasteiger partial charge in [0, 0.05) is 0 Å². The summed E-state index contributed by atoms with van der Waals surface area (Å²) in [5, 5.41) is 8.20. The average molecular weight is 293 g/mol. The third-order valence-electron chi connectivity index (χ3n) is 4.56. The molecule has 4 heteroatoms. The molecular weight excluding hydrogens is 274 g/mol. The standard InChI is InChI=1S/C18H19N3O/c1-12-7-9-17(16-6-4-3-5-15(12)16)22-14-8-10-18-20-19-13(2)21(18)11-14/h3-6,8,10-12,17H,7,9H2,1-2H3. The first kappa shape index (κ1) is 13.3. The summed E-state index contributed by atoms with van der Waals surface area (Å²) in [5.41, 5.74) is 3.59. The fourth-order valence-electron chi connectivity index (χ4n) is 3.31. The largest absolute Gasteiger partial charge is 0.484 e. The van der Waals surface area contributed by atoms with E-state index in [1.807, 2.05) is 29.7 Å². The molecule has 0 saturated heterocycles. The van der Waals surface area contributed by atoms with Gasteiger partial charge in [-0.15, -0.1) is 10.2 Å². The van der Waals surface area contributed by atoms with Crippen LogP contribution in [0.1, 0.15) is 48.7 Å². The number of aryl methyl sites for hydroxylation is 1. The highest BCUT2D eigenvalue weighted by Crippen LogP contribution is 2.39. The van der Waals surface area contributed by atoms with Crippen molar-refractivity contribution in [3.05, 3.63) is 59.5 Å². The minimum atomic E-state index is 0.127. The third-order valence-corrected chi connectivity index (χ3v) is 4.56. The van der Waals surface area contributed by atoms with Crippen LogP contribution in [0.4, 0.5) is 0 Å². The lowest BCUT2D eigenvalue weighted by molar-refractivity contribution is 0.177. The Morgan fingerprint density at radius 3 is 2.73 bits per heavy atom. The van der Waals surface area contributed by atoms with Crippen molar-refractivity contribution in [2.45, 2.75) is 38.7 Å². The van der Waals surface area contributed by atoms with Gasteiger partial charge in [0.05, 0.1) is 6.20 Å². The topological polar surface area (TPSA) is 39.4 Å². The molecule has 0 amide bonds. The summed E-state index contributed by atoms with van der Waals surface area (Å²) < 4.78 is 8.25. The Bertz CT molecular complexity index is 824. The van der Waals surface area contributed by atoms with Crippen molar-refractivity contribution in [2.24, 2.45) is 0 Å². The summed E-state index contributed by atoms with van der Waals surface area (Å²) in [5.74, 6) is 2.35. The highest BCUT2D eigenvalue weighted by atomic mass is 16.5. The van der Waals surface area contributed by atoms with E-state index in [1.54, 1.807) is 0 Å². The smallest absolute Gasteiger partial charge is 0.161 e. The molecule has 4 rings (SSSR count).